The zero-order valence-electron chi connectivity index (χ0n) is 9.82. The zero-order valence-corrected chi connectivity index (χ0v) is 9.82. The van der Waals surface area contributed by atoms with Crippen LogP contribution in [-0.2, 0) is 6.54 Å². The van der Waals surface area contributed by atoms with E-state index >= 15 is 0 Å². The second-order valence-corrected chi connectivity index (χ2v) is 3.95. The molecule has 0 heterocycles. The lowest BCUT2D eigenvalue weighted by Crippen LogP contribution is -2.27. The molecule has 0 fully saturated rings. The maximum atomic E-state index is 8.96. The number of aliphatic hydroxyl groups excluding tert-OH is 1. The highest BCUT2D eigenvalue weighted by Crippen LogP contribution is 2.15. The molecule has 0 amide bonds. The highest BCUT2D eigenvalue weighted by atomic mass is 16.3. The Morgan fingerprint density at radius 1 is 1.50 bits per heavy atom. The van der Waals surface area contributed by atoms with Crippen LogP contribution in [0.15, 0.2) is 30.9 Å². The van der Waals surface area contributed by atoms with Crippen molar-refractivity contribution in [1.29, 1.82) is 0 Å². The number of nitrogens with zero attached hydrogens (tertiary/aromatic N) is 1. The second-order valence-electron chi connectivity index (χ2n) is 3.95. The summed E-state index contributed by atoms with van der Waals surface area (Å²) < 4.78 is 0. The van der Waals surface area contributed by atoms with Crippen LogP contribution in [0.2, 0.25) is 0 Å². The normalized spacial score (nSPS) is 10.7. The molecule has 0 bridgehead atoms. The number of benzene rings is 1. The van der Waals surface area contributed by atoms with Crippen molar-refractivity contribution in [2.45, 2.75) is 13.5 Å². The molecule has 0 spiro atoms. The summed E-state index contributed by atoms with van der Waals surface area (Å²) >= 11 is 0. The molecular weight excluding hydrogens is 200 g/mol. The summed E-state index contributed by atoms with van der Waals surface area (Å²) in [6.45, 7) is 8.06. The summed E-state index contributed by atoms with van der Waals surface area (Å²) in [6, 6.07) is 6.02. The van der Waals surface area contributed by atoms with Crippen molar-refractivity contribution >= 4 is 5.69 Å². The van der Waals surface area contributed by atoms with Crippen molar-refractivity contribution in [2.24, 2.45) is 0 Å². The Morgan fingerprint density at radius 3 is 2.88 bits per heavy atom. The van der Waals surface area contributed by atoms with Crippen LogP contribution in [0.1, 0.15) is 11.1 Å². The third kappa shape index (κ3) is 3.68. The van der Waals surface area contributed by atoms with Crippen LogP contribution < -0.4 is 5.73 Å². The maximum Gasteiger partial charge on any atom is 0.0558 e. The van der Waals surface area contributed by atoms with E-state index in [0.717, 1.165) is 24.3 Å². The first-order valence-electron chi connectivity index (χ1n) is 5.46. The minimum absolute atomic E-state index is 0.152. The van der Waals surface area contributed by atoms with E-state index in [-0.39, 0.29) is 6.61 Å². The Morgan fingerprint density at radius 2 is 2.25 bits per heavy atom. The Kier molecular flexibility index (Phi) is 5.02. The zero-order chi connectivity index (χ0) is 12.0. The standard InChI is InChI=1S/C13H20N2O/c1-3-6-15(7-8-16)10-12-9-11(2)4-5-13(12)14/h3-5,9,16H,1,6-8,10,14H2,2H3. The number of nitrogens with two attached hydrogens (primary N) is 1. The quantitative estimate of drug-likeness (QED) is 0.565. The summed E-state index contributed by atoms with van der Waals surface area (Å²) in [5.41, 5.74) is 9.03. The topological polar surface area (TPSA) is 49.5 Å². The van der Waals surface area contributed by atoms with Crippen molar-refractivity contribution in [3.8, 4) is 0 Å². The van der Waals surface area contributed by atoms with E-state index in [1.54, 1.807) is 0 Å². The summed E-state index contributed by atoms with van der Waals surface area (Å²) in [5.74, 6) is 0. The average Bonchev–Trinajstić information content (AvgIpc) is 2.24. The van der Waals surface area contributed by atoms with Gasteiger partial charge in [0, 0.05) is 25.3 Å². The van der Waals surface area contributed by atoms with Crippen LogP contribution in [0.3, 0.4) is 0 Å². The van der Waals surface area contributed by atoms with Crippen molar-refractivity contribution in [3.05, 3.63) is 42.0 Å². The Labute approximate surface area is 97.2 Å². The van der Waals surface area contributed by atoms with Gasteiger partial charge in [0.25, 0.3) is 0 Å². The van der Waals surface area contributed by atoms with E-state index in [9.17, 15) is 0 Å². The van der Waals surface area contributed by atoms with Crippen LogP contribution in [0, 0.1) is 6.92 Å². The van der Waals surface area contributed by atoms with Gasteiger partial charge in [-0.15, -0.1) is 6.58 Å². The number of nitrogen functional groups attached to an aromatic ring is 1. The number of rotatable bonds is 6. The number of anilines is 1. The smallest absolute Gasteiger partial charge is 0.0558 e. The highest BCUT2D eigenvalue weighted by Gasteiger charge is 2.06. The molecular formula is C13H20N2O. The summed E-state index contributed by atoms with van der Waals surface area (Å²) in [4.78, 5) is 2.11. The summed E-state index contributed by atoms with van der Waals surface area (Å²) in [5, 5.41) is 8.96. The predicted octanol–water partition coefficient (Wildman–Crippen LogP) is 1.56. The van der Waals surface area contributed by atoms with Crippen LogP contribution >= 0.6 is 0 Å². The van der Waals surface area contributed by atoms with Gasteiger partial charge >= 0.3 is 0 Å². The minimum Gasteiger partial charge on any atom is -0.398 e. The van der Waals surface area contributed by atoms with Gasteiger partial charge in [-0.1, -0.05) is 23.8 Å². The monoisotopic (exact) mass is 220 g/mol. The van der Waals surface area contributed by atoms with Crippen molar-refractivity contribution < 1.29 is 5.11 Å². The van der Waals surface area contributed by atoms with Crippen LogP contribution in [0.5, 0.6) is 0 Å². The molecule has 3 heteroatoms. The molecule has 3 nitrogen and oxygen atoms in total. The van der Waals surface area contributed by atoms with E-state index < -0.39 is 0 Å². The largest absolute Gasteiger partial charge is 0.398 e. The molecule has 0 aliphatic rings. The first-order valence-corrected chi connectivity index (χ1v) is 5.46. The first-order chi connectivity index (χ1) is 7.67. The van der Waals surface area contributed by atoms with Crippen molar-refractivity contribution in [2.75, 3.05) is 25.4 Å². The van der Waals surface area contributed by atoms with E-state index in [1.165, 1.54) is 5.56 Å². The fourth-order valence-corrected chi connectivity index (χ4v) is 1.67. The van der Waals surface area contributed by atoms with Crippen LogP contribution in [-0.4, -0.2) is 29.7 Å². The number of aryl methyl sites for hydroxylation is 1. The Bertz CT molecular complexity index is 350. The predicted molar refractivity (Wildman–Crippen MR) is 68.2 cm³/mol. The number of hydrogen-bond acceptors (Lipinski definition) is 3. The van der Waals surface area contributed by atoms with Gasteiger partial charge in [0.05, 0.1) is 6.61 Å². The van der Waals surface area contributed by atoms with E-state index in [1.807, 2.05) is 25.1 Å². The fraction of sp³-hybridized carbons (Fsp3) is 0.385. The van der Waals surface area contributed by atoms with Gasteiger partial charge in [0.15, 0.2) is 0 Å². The summed E-state index contributed by atoms with van der Waals surface area (Å²) in [7, 11) is 0. The van der Waals surface area contributed by atoms with Crippen LogP contribution in [0.25, 0.3) is 0 Å². The molecule has 0 saturated carbocycles. The number of hydrogen-bond donors (Lipinski definition) is 2. The van der Waals surface area contributed by atoms with Gasteiger partial charge in [-0.05, 0) is 18.6 Å². The Hall–Kier alpha value is -1.32. The van der Waals surface area contributed by atoms with Gasteiger partial charge in [-0.3, -0.25) is 4.90 Å². The Balaban J connectivity index is 2.75. The molecule has 1 aromatic rings. The highest BCUT2D eigenvalue weighted by molar-refractivity contribution is 5.48. The van der Waals surface area contributed by atoms with E-state index in [2.05, 4.69) is 17.5 Å². The lowest BCUT2D eigenvalue weighted by molar-refractivity contribution is 0.203. The van der Waals surface area contributed by atoms with Gasteiger partial charge in [0.2, 0.25) is 0 Å². The molecule has 0 atom stereocenters. The van der Waals surface area contributed by atoms with Gasteiger partial charge < -0.3 is 10.8 Å². The first kappa shape index (κ1) is 12.7. The van der Waals surface area contributed by atoms with Crippen LogP contribution in [0.4, 0.5) is 5.69 Å². The molecule has 88 valence electrons. The minimum atomic E-state index is 0.152. The molecule has 0 aliphatic carbocycles. The fourth-order valence-electron chi connectivity index (χ4n) is 1.67. The summed E-state index contributed by atoms with van der Waals surface area (Å²) in [6.07, 6.45) is 1.83. The third-order valence-corrected chi connectivity index (χ3v) is 2.50. The van der Waals surface area contributed by atoms with E-state index in [0.29, 0.717) is 6.54 Å². The van der Waals surface area contributed by atoms with E-state index in [4.69, 9.17) is 10.8 Å². The molecule has 0 aromatic heterocycles. The molecule has 0 saturated heterocycles. The van der Waals surface area contributed by atoms with Crippen molar-refractivity contribution in [1.82, 2.24) is 4.90 Å². The number of aliphatic hydroxyl groups is 1. The van der Waals surface area contributed by atoms with Gasteiger partial charge in [-0.2, -0.15) is 0 Å². The molecule has 0 radical (unpaired) electrons. The average molecular weight is 220 g/mol. The van der Waals surface area contributed by atoms with Gasteiger partial charge in [-0.25, -0.2) is 0 Å². The third-order valence-electron chi connectivity index (χ3n) is 2.50. The second kappa shape index (κ2) is 6.30. The van der Waals surface area contributed by atoms with Gasteiger partial charge in [0.1, 0.15) is 0 Å². The maximum absolute atomic E-state index is 8.96. The molecule has 1 rings (SSSR count). The lowest BCUT2D eigenvalue weighted by Gasteiger charge is -2.20. The molecule has 0 unspecified atom stereocenters. The SMILES string of the molecule is C=CCN(CCO)Cc1cc(C)ccc1N. The van der Waals surface area contributed by atoms with Crippen molar-refractivity contribution in [3.63, 3.8) is 0 Å². The molecule has 3 N–H and O–H groups in total. The lowest BCUT2D eigenvalue weighted by atomic mass is 10.1. The molecule has 0 aliphatic heterocycles. The molecule has 16 heavy (non-hydrogen) atoms. The molecule has 1 aromatic carbocycles.